The molecule has 142 valence electrons. The minimum absolute atomic E-state index is 0.0306. The van der Waals surface area contributed by atoms with E-state index in [1.54, 1.807) is 7.05 Å². The van der Waals surface area contributed by atoms with Gasteiger partial charge in [-0.1, -0.05) is 24.3 Å². The lowest BCUT2D eigenvalue weighted by atomic mass is 10.2. The molecule has 27 heavy (non-hydrogen) atoms. The van der Waals surface area contributed by atoms with Crippen LogP contribution in [0.2, 0.25) is 0 Å². The lowest BCUT2D eigenvalue weighted by molar-refractivity contribution is 0.222. The molecule has 0 bridgehead atoms. The Kier molecular flexibility index (Phi) is 6.30. The Morgan fingerprint density at radius 3 is 2.78 bits per heavy atom. The van der Waals surface area contributed by atoms with Crippen molar-refractivity contribution in [3.05, 3.63) is 66.1 Å². The molecule has 0 aliphatic carbocycles. The third-order valence-corrected chi connectivity index (χ3v) is 4.29. The van der Waals surface area contributed by atoms with Crippen molar-refractivity contribution in [2.75, 3.05) is 20.1 Å². The van der Waals surface area contributed by atoms with Crippen LogP contribution in [-0.2, 0) is 6.42 Å². The molecule has 0 spiro atoms. The summed E-state index contributed by atoms with van der Waals surface area (Å²) < 4.78 is 8.02. The Morgan fingerprint density at radius 2 is 2.00 bits per heavy atom. The molecule has 0 aliphatic heterocycles. The molecule has 0 saturated carbocycles. The Morgan fingerprint density at radius 1 is 1.19 bits per heavy atom. The lowest BCUT2D eigenvalue weighted by Gasteiger charge is -2.18. The number of hydrogen-bond acceptors (Lipinski definition) is 3. The molecule has 0 radical (unpaired) electrons. The Hall–Kier alpha value is -3.02. The van der Waals surface area contributed by atoms with Gasteiger partial charge in [0.2, 0.25) is 0 Å². The van der Waals surface area contributed by atoms with Gasteiger partial charge in [-0.2, -0.15) is 0 Å². The number of nitrogens with zero attached hydrogens (tertiary/aromatic N) is 3. The largest absolute Gasteiger partial charge is 0.489 e. The summed E-state index contributed by atoms with van der Waals surface area (Å²) in [7, 11) is 1.77. The molecule has 1 aromatic carbocycles. The van der Waals surface area contributed by atoms with Crippen molar-refractivity contribution < 1.29 is 4.74 Å². The van der Waals surface area contributed by atoms with E-state index in [1.807, 2.05) is 53.9 Å². The van der Waals surface area contributed by atoms with Crippen LogP contribution in [-0.4, -0.2) is 41.6 Å². The number of hydrogen-bond donors (Lipinski definition) is 2. The molecule has 6 nitrogen and oxygen atoms in total. The standard InChI is InChI=1S/C21H27N5O/c1-16-8-4-5-9-19(16)27-17(2)14-24-21(22-3)23-12-11-18-15-26-13-7-6-10-20(26)25-18/h4-10,13,15,17H,11-12,14H2,1-3H3,(H2,22,23,24). The van der Waals surface area contributed by atoms with Crippen molar-refractivity contribution in [2.45, 2.75) is 26.4 Å². The average molecular weight is 365 g/mol. The Bertz CT molecular complexity index is 869. The summed E-state index contributed by atoms with van der Waals surface area (Å²) in [5.41, 5.74) is 3.16. The molecular weight excluding hydrogens is 338 g/mol. The maximum absolute atomic E-state index is 5.99. The van der Waals surface area contributed by atoms with Gasteiger partial charge in [0.25, 0.3) is 0 Å². The van der Waals surface area contributed by atoms with Gasteiger partial charge in [0.15, 0.2) is 5.96 Å². The first kappa shape index (κ1) is 18.8. The predicted molar refractivity (Wildman–Crippen MR) is 110 cm³/mol. The van der Waals surface area contributed by atoms with Crippen molar-refractivity contribution >= 4 is 11.6 Å². The number of para-hydroxylation sites is 1. The maximum Gasteiger partial charge on any atom is 0.191 e. The zero-order valence-electron chi connectivity index (χ0n) is 16.1. The summed E-state index contributed by atoms with van der Waals surface area (Å²) in [6.45, 7) is 5.53. The molecule has 1 unspecified atom stereocenters. The summed E-state index contributed by atoms with van der Waals surface area (Å²) in [4.78, 5) is 8.88. The molecule has 0 saturated heterocycles. The third-order valence-electron chi connectivity index (χ3n) is 4.29. The fourth-order valence-electron chi connectivity index (χ4n) is 2.82. The number of benzene rings is 1. The second kappa shape index (κ2) is 9.07. The minimum Gasteiger partial charge on any atom is -0.489 e. The van der Waals surface area contributed by atoms with E-state index < -0.39 is 0 Å². The normalized spacial score (nSPS) is 12.8. The fraction of sp³-hybridized carbons (Fsp3) is 0.333. The predicted octanol–water partition coefficient (Wildman–Crippen LogP) is 2.82. The highest BCUT2D eigenvalue weighted by atomic mass is 16.5. The number of pyridine rings is 1. The van der Waals surface area contributed by atoms with Gasteiger partial charge in [-0.25, -0.2) is 4.98 Å². The first-order valence-corrected chi connectivity index (χ1v) is 9.25. The van der Waals surface area contributed by atoms with Gasteiger partial charge in [0, 0.05) is 32.4 Å². The summed E-state index contributed by atoms with van der Waals surface area (Å²) in [5, 5.41) is 6.64. The van der Waals surface area contributed by atoms with Crippen LogP contribution in [0.3, 0.4) is 0 Å². The molecule has 0 amide bonds. The van der Waals surface area contributed by atoms with Gasteiger partial charge in [0.05, 0.1) is 12.2 Å². The first-order valence-electron chi connectivity index (χ1n) is 9.25. The smallest absolute Gasteiger partial charge is 0.191 e. The van der Waals surface area contributed by atoms with E-state index in [9.17, 15) is 0 Å². The van der Waals surface area contributed by atoms with Crippen molar-refractivity contribution in [1.29, 1.82) is 0 Å². The number of nitrogens with one attached hydrogen (secondary N) is 2. The highest BCUT2D eigenvalue weighted by Gasteiger charge is 2.07. The maximum atomic E-state index is 5.99. The summed E-state index contributed by atoms with van der Waals surface area (Å²) in [6, 6.07) is 14.1. The zero-order chi connectivity index (χ0) is 19.1. The molecule has 0 aliphatic rings. The lowest BCUT2D eigenvalue weighted by Crippen LogP contribution is -2.42. The SMILES string of the molecule is CN=C(NCCc1cn2ccccc2n1)NCC(C)Oc1ccccc1C. The summed E-state index contributed by atoms with van der Waals surface area (Å²) in [5.74, 6) is 1.68. The number of guanidine groups is 1. The zero-order valence-corrected chi connectivity index (χ0v) is 16.1. The van der Waals surface area contributed by atoms with Crippen LogP contribution >= 0.6 is 0 Å². The number of fused-ring (bicyclic) bond motifs is 1. The minimum atomic E-state index is 0.0306. The monoisotopic (exact) mass is 365 g/mol. The van der Waals surface area contributed by atoms with Crippen LogP contribution in [0.1, 0.15) is 18.2 Å². The van der Waals surface area contributed by atoms with E-state index in [1.165, 1.54) is 0 Å². The van der Waals surface area contributed by atoms with Crippen molar-refractivity contribution in [3.8, 4) is 5.75 Å². The van der Waals surface area contributed by atoms with Gasteiger partial charge in [-0.15, -0.1) is 0 Å². The van der Waals surface area contributed by atoms with Crippen LogP contribution in [0.25, 0.3) is 5.65 Å². The van der Waals surface area contributed by atoms with Crippen LogP contribution in [0, 0.1) is 6.92 Å². The fourth-order valence-corrected chi connectivity index (χ4v) is 2.82. The van der Waals surface area contributed by atoms with Gasteiger partial charge >= 0.3 is 0 Å². The molecule has 2 aromatic heterocycles. The van der Waals surface area contributed by atoms with Crippen LogP contribution in [0.4, 0.5) is 0 Å². The van der Waals surface area contributed by atoms with E-state index in [2.05, 4.69) is 39.8 Å². The van der Waals surface area contributed by atoms with Crippen LogP contribution < -0.4 is 15.4 Å². The highest BCUT2D eigenvalue weighted by Crippen LogP contribution is 2.17. The molecule has 2 N–H and O–H groups in total. The highest BCUT2D eigenvalue weighted by molar-refractivity contribution is 5.79. The first-order chi connectivity index (χ1) is 13.2. The van der Waals surface area contributed by atoms with E-state index in [0.717, 1.165) is 41.6 Å². The average Bonchev–Trinajstić information content (AvgIpc) is 3.09. The molecule has 3 rings (SSSR count). The van der Waals surface area contributed by atoms with E-state index in [-0.39, 0.29) is 6.10 Å². The number of ether oxygens (including phenoxy) is 1. The molecule has 6 heteroatoms. The number of aliphatic imine (C=N–C) groups is 1. The number of aryl methyl sites for hydroxylation is 1. The van der Waals surface area contributed by atoms with Crippen molar-refractivity contribution in [3.63, 3.8) is 0 Å². The third kappa shape index (κ3) is 5.23. The van der Waals surface area contributed by atoms with Crippen molar-refractivity contribution in [2.24, 2.45) is 4.99 Å². The number of imidazole rings is 1. The molecule has 2 heterocycles. The van der Waals surface area contributed by atoms with Gasteiger partial charge in [-0.3, -0.25) is 4.99 Å². The Balaban J connectivity index is 1.43. The summed E-state index contributed by atoms with van der Waals surface area (Å²) >= 11 is 0. The molecular formula is C21H27N5O. The van der Waals surface area contributed by atoms with Crippen LogP contribution in [0.15, 0.2) is 59.9 Å². The quantitative estimate of drug-likeness (QED) is 0.499. The van der Waals surface area contributed by atoms with Crippen molar-refractivity contribution in [1.82, 2.24) is 20.0 Å². The van der Waals surface area contributed by atoms with Gasteiger partial charge in [-0.05, 0) is 37.6 Å². The van der Waals surface area contributed by atoms with E-state index in [4.69, 9.17) is 4.74 Å². The molecule has 1 atom stereocenters. The number of aromatic nitrogens is 2. The molecule has 3 aromatic rings. The summed E-state index contributed by atoms with van der Waals surface area (Å²) in [6.07, 6.45) is 4.93. The second-order valence-corrected chi connectivity index (χ2v) is 6.52. The van der Waals surface area contributed by atoms with Crippen LogP contribution in [0.5, 0.6) is 5.75 Å². The number of rotatable bonds is 7. The second-order valence-electron chi connectivity index (χ2n) is 6.52. The van der Waals surface area contributed by atoms with Gasteiger partial charge in [0.1, 0.15) is 17.5 Å². The topological polar surface area (TPSA) is 63.0 Å². The van der Waals surface area contributed by atoms with E-state index >= 15 is 0 Å². The van der Waals surface area contributed by atoms with Gasteiger partial charge < -0.3 is 19.8 Å². The Labute approximate surface area is 160 Å². The van der Waals surface area contributed by atoms with E-state index in [0.29, 0.717) is 6.54 Å². The molecule has 0 fully saturated rings.